The highest BCUT2D eigenvalue weighted by atomic mass is 16.5. The molecule has 5 nitrogen and oxygen atoms in total. The van der Waals surface area contributed by atoms with Gasteiger partial charge in [0.25, 0.3) is 11.8 Å². The third kappa shape index (κ3) is 2.36. The maximum absolute atomic E-state index is 12.1. The van der Waals surface area contributed by atoms with Gasteiger partial charge in [-0.1, -0.05) is 19.1 Å². The molecule has 1 unspecified atom stereocenters. The van der Waals surface area contributed by atoms with Crippen LogP contribution in [0.1, 0.15) is 34.6 Å². The minimum Gasteiger partial charge on any atom is -0.466 e. The summed E-state index contributed by atoms with van der Waals surface area (Å²) in [6, 6.07) is 6.65. The van der Waals surface area contributed by atoms with E-state index >= 15 is 0 Å². The standard InChI is InChI=1S/C14H15NO4/c1-3-19-14(18)9(2)8-15-12(16)10-6-4-5-7-11(10)13(15)17/h4-7,9H,3,8H2,1-2H3. The number of nitrogens with zero attached hydrogens (tertiary/aromatic N) is 1. The summed E-state index contributed by atoms with van der Waals surface area (Å²) in [5.74, 6) is -1.63. The molecule has 0 bridgehead atoms. The molecule has 0 aliphatic carbocycles. The van der Waals surface area contributed by atoms with Crippen LogP contribution in [0.3, 0.4) is 0 Å². The van der Waals surface area contributed by atoms with Crippen molar-refractivity contribution in [1.82, 2.24) is 4.90 Å². The van der Waals surface area contributed by atoms with Gasteiger partial charge < -0.3 is 4.74 Å². The second-order valence-electron chi connectivity index (χ2n) is 4.42. The molecule has 1 heterocycles. The van der Waals surface area contributed by atoms with E-state index in [1.807, 2.05) is 0 Å². The smallest absolute Gasteiger partial charge is 0.310 e. The zero-order valence-corrected chi connectivity index (χ0v) is 10.9. The van der Waals surface area contributed by atoms with Gasteiger partial charge in [-0.25, -0.2) is 0 Å². The van der Waals surface area contributed by atoms with Gasteiger partial charge in [0.1, 0.15) is 0 Å². The minimum atomic E-state index is -0.526. The van der Waals surface area contributed by atoms with E-state index in [1.54, 1.807) is 38.1 Å². The highest BCUT2D eigenvalue weighted by Crippen LogP contribution is 2.23. The molecule has 1 aromatic carbocycles. The topological polar surface area (TPSA) is 63.7 Å². The van der Waals surface area contributed by atoms with E-state index in [0.29, 0.717) is 11.1 Å². The van der Waals surface area contributed by atoms with Crippen molar-refractivity contribution in [3.8, 4) is 0 Å². The number of carbonyl (C=O) groups excluding carboxylic acids is 3. The molecule has 0 spiro atoms. The Kier molecular flexibility index (Phi) is 3.64. The minimum absolute atomic E-state index is 0.0468. The van der Waals surface area contributed by atoms with Gasteiger partial charge in [-0.2, -0.15) is 0 Å². The summed E-state index contributed by atoms with van der Waals surface area (Å²) in [5.41, 5.74) is 0.784. The molecule has 0 saturated heterocycles. The average Bonchev–Trinajstić information content (AvgIpc) is 2.65. The number of ether oxygens (including phenoxy) is 1. The maximum Gasteiger partial charge on any atom is 0.310 e. The highest BCUT2D eigenvalue weighted by molar-refractivity contribution is 6.21. The van der Waals surface area contributed by atoms with Crippen molar-refractivity contribution in [3.05, 3.63) is 35.4 Å². The van der Waals surface area contributed by atoms with E-state index in [1.165, 1.54) is 0 Å². The van der Waals surface area contributed by atoms with Gasteiger partial charge in [0.2, 0.25) is 0 Å². The van der Waals surface area contributed by atoms with E-state index in [-0.39, 0.29) is 25.0 Å². The second-order valence-corrected chi connectivity index (χ2v) is 4.42. The van der Waals surface area contributed by atoms with E-state index in [2.05, 4.69) is 0 Å². The number of imide groups is 1. The molecule has 2 amide bonds. The summed E-state index contributed by atoms with van der Waals surface area (Å²) >= 11 is 0. The predicted octanol–water partition coefficient (Wildman–Crippen LogP) is 1.48. The van der Waals surface area contributed by atoms with Crippen LogP contribution in [0.15, 0.2) is 24.3 Å². The Balaban J connectivity index is 2.14. The lowest BCUT2D eigenvalue weighted by atomic mass is 10.1. The number of benzene rings is 1. The molecule has 1 aliphatic heterocycles. The lowest BCUT2D eigenvalue weighted by Crippen LogP contribution is -2.36. The van der Waals surface area contributed by atoms with Crippen LogP contribution in [-0.4, -0.2) is 35.8 Å². The Hall–Kier alpha value is -2.17. The third-order valence-electron chi connectivity index (χ3n) is 3.02. The fourth-order valence-electron chi connectivity index (χ4n) is 2.04. The van der Waals surface area contributed by atoms with Gasteiger partial charge in [0, 0.05) is 6.54 Å². The summed E-state index contributed by atoms with van der Waals surface area (Å²) in [6.07, 6.45) is 0. The first-order chi connectivity index (χ1) is 9.06. The van der Waals surface area contributed by atoms with Gasteiger partial charge in [-0.05, 0) is 19.1 Å². The highest BCUT2D eigenvalue weighted by Gasteiger charge is 2.36. The van der Waals surface area contributed by atoms with E-state index in [0.717, 1.165) is 4.90 Å². The molecule has 0 saturated carbocycles. The number of fused-ring (bicyclic) bond motifs is 1. The van der Waals surface area contributed by atoms with Crippen molar-refractivity contribution in [2.45, 2.75) is 13.8 Å². The Labute approximate surface area is 111 Å². The van der Waals surface area contributed by atoms with Crippen molar-refractivity contribution in [1.29, 1.82) is 0 Å². The molecule has 5 heteroatoms. The summed E-state index contributed by atoms with van der Waals surface area (Å²) < 4.78 is 4.87. The molecule has 0 fully saturated rings. The Bertz CT molecular complexity index is 503. The Morgan fingerprint density at radius 2 is 1.74 bits per heavy atom. The fraction of sp³-hybridized carbons (Fsp3) is 0.357. The molecule has 100 valence electrons. The first-order valence-corrected chi connectivity index (χ1v) is 6.18. The molecule has 2 rings (SSSR count). The molecule has 1 atom stereocenters. The molecule has 1 aliphatic rings. The monoisotopic (exact) mass is 261 g/mol. The van der Waals surface area contributed by atoms with Crippen LogP contribution in [0.5, 0.6) is 0 Å². The van der Waals surface area contributed by atoms with Gasteiger partial charge in [-0.15, -0.1) is 0 Å². The van der Waals surface area contributed by atoms with Crippen molar-refractivity contribution in [2.75, 3.05) is 13.2 Å². The SMILES string of the molecule is CCOC(=O)C(C)CN1C(=O)c2ccccc2C1=O. The molecular formula is C14H15NO4. The number of rotatable bonds is 4. The van der Waals surface area contributed by atoms with Crippen molar-refractivity contribution in [2.24, 2.45) is 5.92 Å². The lowest BCUT2D eigenvalue weighted by Gasteiger charge is -2.17. The zero-order chi connectivity index (χ0) is 14.0. The number of carbonyl (C=O) groups is 3. The lowest BCUT2D eigenvalue weighted by molar-refractivity contribution is -0.147. The van der Waals surface area contributed by atoms with E-state index < -0.39 is 11.9 Å². The number of hydrogen-bond acceptors (Lipinski definition) is 4. The zero-order valence-electron chi connectivity index (χ0n) is 10.9. The maximum atomic E-state index is 12.1. The molecule has 0 aromatic heterocycles. The van der Waals surface area contributed by atoms with Gasteiger partial charge in [0.15, 0.2) is 0 Å². The van der Waals surface area contributed by atoms with Gasteiger partial charge in [-0.3, -0.25) is 19.3 Å². The predicted molar refractivity (Wildman–Crippen MR) is 67.6 cm³/mol. The van der Waals surface area contributed by atoms with Gasteiger partial charge in [0.05, 0.1) is 23.7 Å². The first kappa shape index (κ1) is 13.3. The third-order valence-corrected chi connectivity index (χ3v) is 3.02. The van der Waals surface area contributed by atoms with Crippen LogP contribution in [0.25, 0.3) is 0 Å². The molecule has 19 heavy (non-hydrogen) atoms. The van der Waals surface area contributed by atoms with Crippen LogP contribution < -0.4 is 0 Å². The Morgan fingerprint density at radius 3 is 2.21 bits per heavy atom. The second kappa shape index (κ2) is 5.22. The molecule has 0 N–H and O–H groups in total. The van der Waals surface area contributed by atoms with Crippen molar-refractivity contribution < 1.29 is 19.1 Å². The number of esters is 1. The summed E-state index contributed by atoms with van der Waals surface area (Å²) in [6.45, 7) is 3.69. The van der Waals surface area contributed by atoms with Crippen molar-refractivity contribution >= 4 is 17.8 Å². The average molecular weight is 261 g/mol. The molecule has 0 radical (unpaired) electrons. The summed E-state index contributed by atoms with van der Waals surface area (Å²) in [4.78, 5) is 36.8. The molecule has 1 aromatic rings. The van der Waals surface area contributed by atoms with Crippen LogP contribution >= 0.6 is 0 Å². The van der Waals surface area contributed by atoms with E-state index in [9.17, 15) is 14.4 Å². The van der Waals surface area contributed by atoms with Gasteiger partial charge >= 0.3 is 5.97 Å². The van der Waals surface area contributed by atoms with Crippen molar-refractivity contribution in [3.63, 3.8) is 0 Å². The number of amides is 2. The summed E-state index contributed by atoms with van der Waals surface area (Å²) in [5, 5.41) is 0. The van der Waals surface area contributed by atoms with Crippen LogP contribution in [0.4, 0.5) is 0 Å². The normalized spacial score (nSPS) is 15.4. The van der Waals surface area contributed by atoms with E-state index in [4.69, 9.17) is 4.74 Å². The number of hydrogen-bond donors (Lipinski definition) is 0. The Morgan fingerprint density at radius 1 is 1.21 bits per heavy atom. The fourth-order valence-corrected chi connectivity index (χ4v) is 2.04. The summed E-state index contributed by atoms with van der Waals surface area (Å²) in [7, 11) is 0. The van der Waals surface area contributed by atoms with Crippen LogP contribution in [0.2, 0.25) is 0 Å². The quantitative estimate of drug-likeness (QED) is 0.608. The van der Waals surface area contributed by atoms with Crippen LogP contribution in [0, 0.1) is 5.92 Å². The molecular weight excluding hydrogens is 246 g/mol. The van der Waals surface area contributed by atoms with Crippen LogP contribution in [-0.2, 0) is 9.53 Å². The first-order valence-electron chi connectivity index (χ1n) is 6.18. The largest absolute Gasteiger partial charge is 0.466 e.